The van der Waals surface area contributed by atoms with E-state index in [0.717, 1.165) is 22.2 Å². The molecule has 0 spiro atoms. The molecule has 0 radical (unpaired) electrons. The van der Waals surface area contributed by atoms with Gasteiger partial charge in [0.05, 0.1) is 7.11 Å². The van der Waals surface area contributed by atoms with Crippen molar-refractivity contribution >= 4 is 33.3 Å². The number of methoxy groups -OCH3 is 2. The summed E-state index contributed by atoms with van der Waals surface area (Å²) in [6.07, 6.45) is -0.157. The summed E-state index contributed by atoms with van der Waals surface area (Å²) < 4.78 is 10.4. The first-order chi connectivity index (χ1) is 11.5. The highest BCUT2D eigenvalue weighted by Crippen LogP contribution is 2.27. The quantitative estimate of drug-likeness (QED) is 0.740. The Morgan fingerprint density at radius 1 is 1.33 bits per heavy atom. The Hall–Kier alpha value is -2.45. The number of anilines is 1. The molecule has 0 saturated heterocycles. The molecule has 126 valence electrons. The molecule has 2 heterocycles. The van der Waals surface area contributed by atoms with Gasteiger partial charge in [0.15, 0.2) is 0 Å². The summed E-state index contributed by atoms with van der Waals surface area (Å²) in [5.74, 6) is 0.495. The normalized spacial score (nSPS) is 12.3. The summed E-state index contributed by atoms with van der Waals surface area (Å²) in [4.78, 5) is 15.7. The number of ether oxygens (including phenoxy) is 2. The van der Waals surface area contributed by atoms with E-state index in [9.17, 15) is 4.79 Å². The SMILES string of the molecule is COc1ccc2[nH]c(C(=O)Nc3nnc(C(C)OC)s3)c(C)c2c1. The van der Waals surface area contributed by atoms with Crippen molar-refractivity contribution in [1.82, 2.24) is 15.2 Å². The first-order valence-corrected chi connectivity index (χ1v) is 8.19. The average molecular weight is 346 g/mol. The van der Waals surface area contributed by atoms with E-state index >= 15 is 0 Å². The van der Waals surface area contributed by atoms with E-state index < -0.39 is 0 Å². The zero-order valence-electron chi connectivity index (χ0n) is 13.8. The van der Waals surface area contributed by atoms with E-state index in [1.165, 1.54) is 11.3 Å². The van der Waals surface area contributed by atoms with Crippen LogP contribution in [0.5, 0.6) is 5.75 Å². The molecule has 2 N–H and O–H groups in total. The Labute approximate surface area is 143 Å². The molecule has 3 aromatic rings. The Bertz CT molecular complexity index is 887. The number of benzene rings is 1. The van der Waals surface area contributed by atoms with Crippen molar-refractivity contribution in [2.75, 3.05) is 19.5 Å². The lowest BCUT2D eigenvalue weighted by Crippen LogP contribution is -2.13. The topological polar surface area (TPSA) is 89.1 Å². The van der Waals surface area contributed by atoms with Crippen LogP contribution in [-0.4, -0.2) is 35.3 Å². The summed E-state index contributed by atoms with van der Waals surface area (Å²) in [5, 5.41) is 12.9. The molecule has 8 heteroatoms. The molecule has 0 fully saturated rings. The number of nitrogens with zero attached hydrogens (tertiary/aromatic N) is 2. The van der Waals surface area contributed by atoms with E-state index in [1.54, 1.807) is 14.2 Å². The fraction of sp³-hybridized carbons (Fsp3) is 0.312. The molecule has 0 aliphatic rings. The maximum absolute atomic E-state index is 12.5. The Morgan fingerprint density at radius 2 is 2.12 bits per heavy atom. The maximum Gasteiger partial charge on any atom is 0.274 e. The Balaban J connectivity index is 1.86. The van der Waals surface area contributed by atoms with Crippen LogP contribution < -0.4 is 10.1 Å². The minimum absolute atomic E-state index is 0.157. The zero-order valence-corrected chi connectivity index (χ0v) is 14.7. The molecule has 2 aromatic heterocycles. The van der Waals surface area contributed by atoms with Crippen LogP contribution in [0.3, 0.4) is 0 Å². The fourth-order valence-corrected chi connectivity index (χ4v) is 3.14. The van der Waals surface area contributed by atoms with E-state index in [2.05, 4.69) is 20.5 Å². The van der Waals surface area contributed by atoms with Gasteiger partial charge in [0.2, 0.25) is 5.13 Å². The van der Waals surface area contributed by atoms with E-state index in [-0.39, 0.29) is 12.0 Å². The Kier molecular flexibility index (Phi) is 4.50. The van der Waals surface area contributed by atoms with Gasteiger partial charge in [-0.1, -0.05) is 11.3 Å². The molecule has 7 nitrogen and oxygen atoms in total. The third kappa shape index (κ3) is 2.98. The van der Waals surface area contributed by atoms with Crippen molar-refractivity contribution < 1.29 is 14.3 Å². The summed E-state index contributed by atoms with van der Waals surface area (Å²) in [6, 6.07) is 5.64. The third-order valence-electron chi connectivity index (χ3n) is 3.85. The minimum atomic E-state index is -0.254. The van der Waals surface area contributed by atoms with Crippen molar-refractivity contribution in [3.63, 3.8) is 0 Å². The summed E-state index contributed by atoms with van der Waals surface area (Å²) in [5.41, 5.74) is 2.23. The number of H-pyrrole nitrogens is 1. The molecule has 1 amide bonds. The number of carbonyl (C=O) groups excluding carboxylic acids is 1. The molecule has 1 atom stereocenters. The molecule has 1 aromatic carbocycles. The van der Waals surface area contributed by atoms with Gasteiger partial charge in [0.1, 0.15) is 22.6 Å². The highest BCUT2D eigenvalue weighted by atomic mass is 32.1. The van der Waals surface area contributed by atoms with Crippen molar-refractivity contribution in [1.29, 1.82) is 0 Å². The number of carbonyl (C=O) groups is 1. The van der Waals surface area contributed by atoms with Crippen LogP contribution in [0.25, 0.3) is 10.9 Å². The summed E-state index contributed by atoms with van der Waals surface area (Å²) in [6.45, 7) is 3.77. The zero-order chi connectivity index (χ0) is 17.3. The largest absolute Gasteiger partial charge is 0.497 e. The van der Waals surface area contributed by atoms with Crippen LogP contribution in [-0.2, 0) is 4.74 Å². The van der Waals surface area contributed by atoms with Gasteiger partial charge in [-0.05, 0) is 37.6 Å². The van der Waals surface area contributed by atoms with E-state index in [4.69, 9.17) is 9.47 Å². The van der Waals surface area contributed by atoms with Gasteiger partial charge in [-0.25, -0.2) is 0 Å². The van der Waals surface area contributed by atoms with Gasteiger partial charge in [0.25, 0.3) is 5.91 Å². The molecule has 3 rings (SSSR count). The summed E-state index contributed by atoms with van der Waals surface area (Å²) >= 11 is 1.29. The van der Waals surface area contributed by atoms with Crippen LogP contribution >= 0.6 is 11.3 Å². The molecule has 1 unspecified atom stereocenters. The number of hydrogen-bond acceptors (Lipinski definition) is 6. The van der Waals surface area contributed by atoms with E-state index in [0.29, 0.717) is 15.8 Å². The van der Waals surface area contributed by atoms with Crippen LogP contribution in [0.2, 0.25) is 0 Å². The monoisotopic (exact) mass is 346 g/mol. The second-order valence-corrected chi connectivity index (χ2v) is 6.32. The second-order valence-electron chi connectivity index (χ2n) is 5.31. The van der Waals surface area contributed by atoms with Crippen molar-refractivity contribution in [2.24, 2.45) is 0 Å². The molecule has 0 aliphatic heterocycles. The average Bonchev–Trinajstić information content (AvgIpc) is 3.18. The number of aromatic nitrogens is 3. The predicted octanol–water partition coefficient (Wildman–Crippen LogP) is 3.30. The minimum Gasteiger partial charge on any atom is -0.497 e. The maximum atomic E-state index is 12.5. The van der Waals surface area contributed by atoms with Crippen LogP contribution in [0.1, 0.15) is 34.1 Å². The molecule has 0 bridgehead atoms. The van der Waals surface area contributed by atoms with Gasteiger partial charge in [0, 0.05) is 18.0 Å². The predicted molar refractivity (Wildman–Crippen MR) is 92.9 cm³/mol. The molecular formula is C16H18N4O3S. The highest BCUT2D eigenvalue weighted by Gasteiger charge is 2.18. The van der Waals surface area contributed by atoms with Gasteiger partial charge in [-0.2, -0.15) is 0 Å². The third-order valence-corrected chi connectivity index (χ3v) is 4.85. The van der Waals surface area contributed by atoms with Crippen LogP contribution in [0.4, 0.5) is 5.13 Å². The Morgan fingerprint density at radius 3 is 2.83 bits per heavy atom. The number of hydrogen-bond donors (Lipinski definition) is 2. The standard InChI is InChI=1S/C16H18N4O3S/c1-8-11-7-10(23-4)5-6-12(11)17-13(8)14(21)18-16-20-19-15(24-16)9(2)22-3/h5-7,9,17H,1-4H3,(H,18,20,21). The smallest absolute Gasteiger partial charge is 0.274 e. The first-order valence-electron chi connectivity index (χ1n) is 7.37. The van der Waals surface area contributed by atoms with Crippen molar-refractivity contribution in [2.45, 2.75) is 20.0 Å². The first kappa shape index (κ1) is 16.4. The lowest BCUT2D eigenvalue weighted by atomic mass is 10.1. The van der Waals surface area contributed by atoms with Gasteiger partial charge in [-0.15, -0.1) is 10.2 Å². The number of nitrogens with one attached hydrogen (secondary N) is 2. The fourth-order valence-electron chi connectivity index (χ4n) is 2.37. The van der Waals surface area contributed by atoms with Crippen LogP contribution in [0.15, 0.2) is 18.2 Å². The van der Waals surface area contributed by atoms with Gasteiger partial charge < -0.3 is 14.5 Å². The number of rotatable bonds is 5. The number of fused-ring (bicyclic) bond motifs is 1. The second kappa shape index (κ2) is 6.58. The molecule has 0 aliphatic carbocycles. The number of aryl methyl sites for hydroxylation is 1. The van der Waals surface area contributed by atoms with E-state index in [1.807, 2.05) is 32.0 Å². The number of aromatic amines is 1. The lowest BCUT2D eigenvalue weighted by Gasteiger charge is -2.02. The van der Waals surface area contributed by atoms with Crippen LogP contribution in [0, 0.1) is 6.92 Å². The van der Waals surface area contributed by atoms with Gasteiger partial charge >= 0.3 is 0 Å². The summed E-state index contributed by atoms with van der Waals surface area (Å²) in [7, 11) is 3.22. The van der Waals surface area contributed by atoms with Gasteiger partial charge in [-0.3, -0.25) is 10.1 Å². The molecule has 24 heavy (non-hydrogen) atoms. The molecule has 0 saturated carbocycles. The highest BCUT2D eigenvalue weighted by molar-refractivity contribution is 7.15. The number of amides is 1. The van der Waals surface area contributed by atoms with Crippen molar-refractivity contribution in [3.8, 4) is 5.75 Å². The lowest BCUT2D eigenvalue weighted by molar-refractivity contribution is 0.102. The van der Waals surface area contributed by atoms with Crippen molar-refractivity contribution in [3.05, 3.63) is 34.5 Å². The molecular weight excluding hydrogens is 328 g/mol.